The molecule has 0 radical (unpaired) electrons. The molecule has 5 rings (SSSR count). The monoisotopic (exact) mass is 787 g/mol. The molecule has 3 aliphatic heterocycles. The molecule has 54 heavy (non-hydrogen) atoms. The highest BCUT2D eigenvalue weighted by molar-refractivity contribution is 7.10. The van der Waals surface area contributed by atoms with Gasteiger partial charge in [0, 0.05) is 62.0 Å². The molecule has 2 unspecified atom stereocenters. The summed E-state index contributed by atoms with van der Waals surface area (Å²) < 4.78 is 101. The van der Waals surface area contributed by atoms with E-state index >= 15 is 4.79 Å². The van der Waals surface area contributed by atoms with E-state index in [1.807, 2.05) is 0 Å². The van der Waals surface area contributed by atoms with Gasteiger partial charge in [-0.25, -0.2) is 0 Å². The van der Waals surface area contributed by atoms with Crippen molar-refractivity contribution in [2.75, 3.05) is 40.0 Å². The fourth-order valence-corrected chi connectivity index (χ4v) is 8.51. The van der Waals surface area contributed by atoms with E-state index < -0.39 is 69.6 Å². The van der Waals surface area contributed by atoms with Crippen LogP contribution in [0.25, 0.3) is 0 Å². The second kappa shape index (κ2) is 16.3. The zero-order valence-corrected chi connectivity index (χ0v) is 30.9. The number of likely N-dealkylation sites (tertiary alicyclic amines) is 2. The SMILES string of the molecule is CCC[C@H]1N(C(=O)C2C(C(F)(F)F)=CC=NC2C)CCC[C@@]1(Oc1csc(C(F)(F)F)c1)C(=O)N1CCC(C(=O)O)(c2ccccc2OCCOC)CC1. The Morgan fingerprint density at radius 3 is 2.33 bits per heavy atom. The fraction of sp³-hybridized carbons (Fsp3) is 0.568. The second-order valence-corrected chi connectivity index (χ2v) is 14.6. The number of thiophene rings is 1. The molecule has 1 aromatic heterocycles. The van der Waals surface area contributed by atoms with Crippen molar-refractivity contribution in [3.63, 3.8) is 0 Å². The highest BCUT2D eigenvalue weighted by atomic mass is 32.1. The minimum absolute atomic E-state index is 0.0284. The molecular weight excluding hydrogens is 744 g/mol. The number of para-hydroxylation sites is 1. The first kappa shape index (κ1) is 41.1. The Morgan fingerprint density at radius 1 is 1.02 bits per heavy atom. The summed E-state index contributed by atoms with van der Waals surface area (Å²) in [5.74, 6) is -4.41. The lowest BCUT2D eigenvalue weighted by Crippen LogP contribution is -2.69. The molecule has 3 aliphatic rings. The number of aliphatic carboxylic acids is 1. The standard InChI is InChI=1S/C37H43F6N3O7S/c1-4-8-28-35(53-24-21-29(54-22-24)37(41,42)43,12-7-16-46(28)31(47)30-23(2)44-15-11-26(30)36(38,39)40)32(48)45-17-13-34(14-18-45,33(49)50)25-9-5-6-10-27(25)52-20-19-51-3/h5-6,9-11,15,21-23,28,30H,4,7-8,12-14,16-20H2,1-3H3,(H,49,50)/t23?,28-,30?,35+/m1/s1. The van der Waals surface area contributed by atoms with E-state index in [-0.39, 0.29) is 70.7 Å². The van der Waals surface area contributed by atoms with Crippen molar-refractivity contribution in [3.05, 3.63) is 57.8 Å². The number of hydrogen-bond acceptors (Lipinski definition) is 8. The summed E-state index contributed by atoms with van der Waals surface area (Å²) in [6.07, 6.45) is -7.51. The van der Waals surface area contributed by atoms with Gasteiger partial charge in [-0.3, -0.25) is 19.4 Å². The van der Waals surface area contributed by atoms with Gasteiger partial charge in [0.2, 0.25) is 11.5 Å². The van der Waals surface area contributed by atoms with Crippen LogP contribution in [0.3, 0.4) is 0 Å². The van der Waals surface area contributed by atoms with Crippen LogP contribution in [0.1, 0.15) is 62.8 Å². The predicted octanol–water partition coefficient (Wildman–Crippen LogP) is 6.92. The minimum Gasteiger partial charge on any atom is -0.491 e. The maximum absolute atomic E-state index is 15.0. The molecule has 0 aliphatic carbocycles. The van der Waals surface area contributed by atoms with Crippen molar-refractivity contribution < 1.29 is 60.0 Å². The van der Waals surface area contributed by atoms with Gasteiger partial charge in [0.15, 0.2) is 0 Å². The number of carbonyl (C=O) groups is 3. The molecule has 2 amide bonds. The molecule has 0 spiro atoms. The van der Waals surface area contributed by atoms with E-state index in [9.17, 15) is 41.0 Å². The number of piperidine rings is 2. The van der Waals surface area contributed by atoms with Gasteiger partial charge in [-0.05, 0) is 44.7 Å². The van der Waals surface area contributed by atoms with Gasteiger partial charge in [-0.15, -0.1) is 11.3 Å². The Kier molecular flexibility index (Phi) is 12.4. The first-order valence-electron chi connectivity index (χ1n) is 17.7. The molecule has 0 bridgehead atoms. The number of nitrogens with zero attached hydrogens (tertiary/aromatic N) is 3. The normalized spacial score (nSPS) is 24.5. The Balaban J connectivity index is 1.53. The number of amides is 2. The number of alkyl halides is 6. The van der Waals surface area contributed by atoms with Crippen molar-refractivity contribution in [1.82, 2.24) is 9.80 Å². The summed E-state index contributed by atoms with van der Waals surface area (Å²) in [7, 11) is 1.50. The number of halogens is 6. The van der Waals surface area contributed by atoms with Crippen molar-refractivity contribution in [2.45, 2.75) is 87.8 Å². The summed E-state index contributed by atoms with van der Waals surface area (Å²) in [5, 5.41) is 11.7. The third-order valence-electron chi connectivity index (χ3n) is 10.5. The van der Waals surface area contributed by atoms with Crippen LogP contribution in [0, 0.1) is 5.92 Å². The number of carbonyl (C=O) groups excluding carboxylic acids is 2. The van der Waals surface area contributed by atoms with Crippen LogP contribution in [-0.4, -0.2) is 103 Å². The van der Waals surface area contributed by atoms with Gasteiger partial charge in [0.1, 0.15) is 23.0 Å². The molecule has 1 N–H and O–H groups in total. The predicted molar refractivity (Wildman–Crippen MR) is 187 cm³/mol. The number of allylic oxidation sites excluding steroid dienone is 1. The third kappa shape index (κ3) is 8.11. The highest BCUT2D eigenvalue weighted by Gasteiger charge is 2.58. The average Bonchev–Trinajstić information content (AvgIpc) is 3.61. The number of carboxylic acid groups (broad SMARTS) is 1. The van der Waals surface area contributed by atoms with E-state index in [4.69, 9.17) is 14.2 Å². The van der Waals surface area contributed by atoms with Gasteiger partial charge in [-0.2, -0.15) is 26.3 Å². The first-order valence-corrected chi connectivity index (χ1v) is 18.6. The first-order chi connectivity index (χ1) is 25.5. The van der Waals surface area contributed by atoms with E-state index in [1.165, 1.54) is 23.8 Å². The largest absolute Gasteiger partial charge is 0.491 e. The van der Waals surface area contributed by atoms with E-state index in [0.717, 1.165) is 23.7 Å². The number of rotatable bonds is 12. The van der Waals surface area contributed by atoms with Gasteiger partial charge in [-0.1, -0.05) is 31.5 Å². The van der Waals surface area contributed by atoms with Gasteiger partial charge in [0.25, 0.3) is 5.91 Å². The van der Waals surface area contributed by atoms with Gasteiger partial charge < -0.3 is 29.1 Å². The molecule has 2 aromatic rings. The maximum Gasteiger partial charge on any atom is 0.425 e. The number of hydrogen-bond donors (Lipinski definition) is 1. The van der Waals surface area contributed by atoms with Crippen LogP contribution in [-0.2, 0) is 30.7 Å². The van der Waals surface area contributed by atoms with Crippen LogP contribution in [0.4, 0.5) is 26.3 Å². The molecule has 4 heterocycles. The lowest BCUT2D eigenvalue weighted by Gasteiger charge is -2.52. The van der Waals surface area contributed by atoms with Crippen LogP contribution in [0.5, 0.6) is 11.5 Å². The van der Waals surface area contributed by atoms with Gasteiger partial charge >= 0.3 is 18.3 Å². The summed E-state index contributed by atoms with van der Waals surface area (Å²) in [6, 6.07) is 5.17. The maximum atomic E-state index is 15.0. The highest BCUT2D eigenvalue weighted by Crippen LogP contribution is 2.46. The van der Waals surface area contributed by atoms with Crippen molar-refractivity contribution >= 4 is 35.3 Å². The number of aliphatic imine (C=N–C) groups is 1. The summed E-state index contributed by atoms with van der Waals surface area (Å²) in [6.45, 7) is 3.31. The van der Waals surface area contributed by atoms with Crippen LogP contribution < -0.4 is 9.47 Å². The molecule has 2 fully saturated rings. The van der Waals surface area contributed by atoms with Crippen molar-refractivity contribution in [2.24, 2.45) is 10.9 Å². The molecule has 10 nitrogen and oxygen atoms in total. The molecule has 1 aromatic carbocycles. The number of methoxy groups -OCH3 is 1. The quantitative estimate of drug-likeness (QED) is 0.183. The Labute approximate surface area is 312 Å². The molecule has 17 heteroatoms. The zero-order valence-electron chi connectivity index (χ0n) is 30.0. The molecule has 0 saturated carbocycles. The smallest absolute Gasteiger partial charge is 0.425 e. The van der Waals surface area contributed by atoms with Gasteiger partial charge in [0.05, 0.1) is 30.0 Å². The lowest BCUT2D eigenvalue weighted by atomic mass is 9.71. The molecule has 2 saturated heterocycles. The third-order valence-corrected chi connectivity index (χ3v) is 11.4. The van der Waals surface area contributed by atoms with E-state index in [0.29, 0.717) is 29.1 Å². The summed E-state index contributed by atoms with van der Waals surface area (Å²) in [5.41, 5.74) is -4.17. The average molecular weight is 788 g/mol. The van der Waals surface area contributed by atoms with Crippen molar-refractivity contribution in [1.29, 1.82) is 0 Å². The number of carboxylic acids is 1. The minimum atomic E-state index is -4.86. The molecular formula is C37H43F6N3O7S. The fourth-order valence-electron chi connectivity index (χ4n) is 7.83. The topological polar surface area (TPSA) is 118 Å². The van der Waals surface area contributed by atoms with Crippen LogP contribution in [0.2, 0.25) is 0 Å². The lowest BCUT2D eigenvalue weighted by molar-refractivity contribution is -0.171. The van der Waals surface area contributed by atoms with Crippen molar-refractivity contribution in [3.8, 4) is 11.5 Å². The number of ether oxygens (including phenoxy) is 3. The van der Waals surface area contributed by atoms with Crippen LogP contribution >= 0.6 is 11.3 Å². The van der Waals surface area contributed by atoms with E-state index in [1.54, 1.807) is 31.2 Å². The summed E-state index contributed by atoms with van der Waals surface area (Å²) in [4.78, 5) is 48.0. The number of benzene rings is 1. The van der Waals surface area contributed by atoms with Crippen LogP contribution in [0.15, 0.2) is 52.4 Å². The second-order valence-electron chi connectivity index (χ2n) is 13.7. The molecule has 4 atom stereocenters. The Bertz CT molecular complexity index is 1740. The number of dihydropyridines is 1. The Hall–Kier alpha value is -4.12. The van der Waals surface area contributed by atoms with E-state index in [2.05, 4.69) is 4.99 Å². The Morgan fingerprint density at radius 2 is 1.72 bits per heavy atom. The molecule has 296 valence electrons. The summed E-state index contributed by atoms with van der Waals surface area (Å²) >= 11 is 0.359. The zero-order chi connectivity index (χ0) is 39.5.